The number of nitrogens with zero attached hydrogens (tertiary/aromatic N) is 1. The van der Waals surface area contributed by atoms with E-state index >= 15 is 0 Å². The van der Waals surface area contributed by atoms with Crippen LogP contribution in [0.1, 0.15) is 54.7 Å². The molecule has 104 valence electrons. The second kappa shape index (κ2) is 7.24. The van der Waals surface area contributed by atoms with Gasteiger partial charge in [0.1, 0.15) is 5.69 Å². The van der Waals surface area contributed by atoms with Crippen LogP contribution in [0.3, 0.4) is 0 Å². The third-order valence-electron chi connectivity index (χ3n) is 3.79. The van der Waals surface area contributed by atoms with Crippen LogP contribution in [0.15, 0.2) is 18.2 Å². The van der Waals surface area contributed by atoms with Crippen molar-refractivity contribution in [2.75, 3.05) is 6.54 Å². The topological polar surface area (TPSA) is 62.2 Å². The largest absolute Gasteiger partial charge is 0.477 e. The fraction of sp³-hybridized carbons (Fsp3) is 0.600. The van der Waals surface area contributed by atoms with E-state index in [4.69, 9.17) is 5.11 Å². The van der Waals surface area contributed by atoms with Crippen LogP contribution >= 0.6 is 0 Å². The summed E-state index contributed by atoms with van der Waals surface area (Å²) in [5.74, 6) is -0.0939. The van der Waals surface area contributed by atoms with Crippen LogP contribution < -0.4 is 5.32 Å². The second-order valence-electron chi connectivity index (χ2n) is 5.29. The van der Waals surface area contributed by atoms with Crippen molar-refractivity contribution in [2.45, 2.75) is 45.1 Å². The summed E-state index contributed by atoms with van der Waals surface area (Å²) in [5, 5.41) is 12.2. The van der Waals surface area contributed by atoms with Crippen molar-refractivity contribution >= 4 is 5.97 Å². The lowest BCUT2D eigenvalue weighted by Gasteiger charge is -2.21. The van der Waals surface area contributed by atoms with Crippen LogP contribution in [0, 0.1) is 5.92 Å². The van der Waals surface area contributed by atoms with Gasteiger partial charge in [0, 0.05) is 6.54 Å². The highest BCUT2D eigenvalue weighted by molar-refractivity contribution is 5.85. The molecule has 0 radical (unpaired) electrons. The molecule has 0 bridgehead atoms. The van der Waals surface area contributed by atoms with Crippen molar-refractivity contribution in [1.29, 1.82) is 0 Å². The van der Waals surface area contributed by atoms with Gasteiger partial charge in [-0.05, 0) is 31.0 Å². The van der Waals surface area contributed by atoms with E-state index in [2.05, 4.69) is 10.3 Å². The normalized spacial score (nSPS) is 16.4. The summed E-state index contributed by atoms with van der Waals surface area (Å²) in [6.45, 7) is 1.64. The number of carboxylic acid groups (broad SMARTS) is 1. The molecule has 1 fully saturated rings. The molecule has 1 saturated carbocycles. The van der Waals surface area contributed by atoms with Crippen LogP contribution in [0.25, 0.3) is 0 Å². The van der Waals surface area contributed by atoms with E-state index in [1.54, 1.807) is 6.07 Å². The molecule has 0 saturated heterocycles. The van der Waals surface area contributed by atoms with Gasteiger partial charge < -0.3 is 10.4 Å². The van der Waals surface area contributed by atoms with Crippen molar-refractivity contribution in [3.8, 4) is 0 Å². The molecule has 1 aliphatic rings. The minimum atomic E-state index is -0.968. The molecule has 0 aliphatic heterocycles. The maximum atomic E-state index is 10.8. The van der Waals surface area contributed by atoms with Crippen molar-refractivity contribution in [3.63, 3.8) is 0 Å². The fourth-order valence-corrected chi connectivity index (χ4v) is 2.70. The molecule has 1 aliphatic carbocycles. The first-order valence-corrected chi connectivity index (χ1v) is 7.15. The van der Waals surface area contributed by atoms with Crippen molar-refractivity contribution in [1.82, 2.24) is 10.3 Å². The Bertz CT molecular complexity index is 414. The van der Waals surface area contributed by atoms with Gasteiger partial charge in [0.2, 0.25) is 0 Å². The van der Waals surface area contributed by atoms with Gasteiger partial charge in [-0.2, -0.15) is 0 Å². The van der Waals surface area contributed by atoms with E-state index in [-0.39, 0.29) is 5.69 Å². The standard InChI is InChI=1S/C15H22N2O2/c18-15(19)14-8-4-7-13(17-14)11-16-10-9-12-5-2-1-3-6-12/h4,7-8,12,16H,1-3,5-6,9-11H2,(H,18,19). The van der Waals surface area contributed by atoms with Gasteiger partial charge in [-0.3, -0.25) is 0 Å². The van der Waals surface area contributed by atoms with Gasteiger partial charge in [-0.25, -0.2) is 9.78 Å². The first-order valence-electron chi connectivity index (χ1n) is 7.15. The van der Waals surface area contributed by atoms with Gasteiger partial charge in [-0.1, -0.05) is 38.2 Å². The van der Waals surface area contributed by atoms with E-state index in [9.17, 15) is 4.79 Å². The number of nitrogens with one attached hydrogen (secondary N) is 1. The predicted molar refractivity (Wildman–Crippen MR) is 74.1 cm³/mol. The van der Waals surface area contributed by atoms with E-state index in [0.29, 0.717) is 6.54 Å². The number of hydrogen-bond acceptors (Lipinski definition) is 3. The molecule has 4 nitrogen and oxygen atoms in total. The summed E-state index contributed by atoms with van der Waals surface area (Å²) in [7, 11) is 0. The molecule has 1 aromatic rings. The zero-order valence-corrected chi connectivity index (χ0v) is 11.3. The minimum Gasteiger partial charge on any atom is -0.477 e. The third-order valence-corrected chi connectivity index (χ3v) is 3.79. The van der Waals surface area contributed by atoms with E-state index in [0.717, 1.165) is 18.2 Å². The Labute approximate surface area is 114 Å². The number of carbonyl (C=O) groups is 1. The number of pyridine rings is 1. The van der Waals surface area contributed by atoms with Gasteiger partial charge in [0.25, 0.3) is 0 Å². The summed E-state index contributed by atoms with van der Waals surface area (Å²) in [4.78, 5) is 14.9. The summed E-state index contributed by atoms with van der Waals surface area (Å²) in [6.07, 6.45) is 8.12. The highest BCUT2D eigenvalue weighted by atomic mass is 16.4. The SMILES string of the molecule is O=C(O)c1cccc(CNCCC2CCCCC2)n1. The highest BCUT2D eigenvalue weighted by Crippen LogP contribution is 2.25. The Kier molecular flexibility index (Phi) is 5.33. The molecule has 4 heteroatoms. The average Bonchev–Trinajstić information content (AvgIpc) is 2.45. The lowest BCUT2D eigenvalue weighted by atomic mass is 9.87. The number of hydrogen-bond donors (Lipinski definition) is 2. The maximum Gasteiger partial charge on any atom is 0.354 e. The zero-order chi connectivity index (χ0) is 13.5. The summed E-state index contributed by atoms with van der Waals surface area (Å²) in [5.41, 5.74) is 0.912. The Hall–Kier alpha value is -1.42. The minimum absolute atomic E-state index is 0.117. The quantitative estimate of drug-likeness (QED) is 0.774. The van der Waals surface area contributed by atoms with Crippen molar-refractivity contribution < 1.29 is 9.90 Å². The molecule has 1 aromatic heterocycles. The van der Waals surface area contributed by atoms with Crippen molar-refractivity contribution in [2.24, 2.45) is 5.92 Å². The highest BCUT2D eigenvalue weighted by Gasteiger charge is 2.12. The summed E-state index contributed by atoms with van der Waals surface area (Å²) >= 11 is 0. The predicted octanol–water partition coefficient (Wildman–Crippen LogP) is 2.84. The fourth-order valence-electron chi connectivity index (χ4n) is 2.70. The Morgan fingerprint density at radius 3 is 2.84 bits per heavy atom. The molecule has 0 spiro atoms. The average molecular weight is 262 g/mol. The molecule has 0 atom stereocenters. The smallest absolute Gasteiger partial charge is 0.354 e. The Morgan fingerprint density at radius 2 is 2.11 bits per heavy atom. The first kappa shape index (κ1) is 14.0. The first-order chi connectivity index (χ1) is 9.25. The second-order valence-corrected chi connectivity index (χ2v) is 5.29. The van der Waals surface area contributed by atoms with E-state index in [1.165, 1.54) is 44.6 Å². The summed E-state index contributed by atoms with van der Waals surface area (Å²) < 4.78 is 0. The van der Waals surface area contributed by atoms with E-state index < -0.39 is 5.97 Å². The molecule has 0 amide bonds. The van der Waals surface area contributed by atoms with Crippen LogP contribution in [0.2, 0.25) is 0 Å². The molecular formula is C15H22N2O2. The summed E-state index contributed by atoms with van der Waals surface area (Å²) in [6, 6.07) is 5.13. The van der Waals surface area contributed by atoms with Crippen LogP contribution in [0.5, 0.6) is 0 Å². The van der Waals surface area contributed by atoms with Gasteiger partial charge in [0.15, 0.2) is 0 Å². The zero-order valence-electron chi connectivity index (χ0n) is 11.3. The van der Waals surface area contributed by atoms with Gasteiger partial charge >= 0.3 is 5.97 Å². The van der Waals surface area contributed by atoms with Crippen LogP contribution in [-0.4, -0.2) is 22.6 Å². The molecule has 0 unspecified atom stereocenters. The molecule has 1 heterocycles. The Balaban J connectivity index is 1.70. The number of carboxylic acids is 1. The molecular weight excluding hydrogens is 240 g/mol. The van der Waals surface area contributed by atoms with Crippen LogP contribution in [-0.2, 0) is 6.54 Å². The monoisotopic (exact) mass is 262 g/mol. The number of aromatic carboxylic acids is 1. The van der Waals surface area contributed by atoms with Crippen LogP contribution in [0.4, 0.5) is 0 Å². The number of rotatable bonds is 6. The number of aromatic nitrogens is 1. The van der Waals surface area contributed by atoms with Gasteiger partial charge in [0.05, 0.1) is 5.69 Å². The van der Waals surface area contributed by atoms with Gasteiger partial charge in [-0.15, -0.1) is 0 Å². The molecule has 2 rings (SSSR count). The lowest BCUT2D eigenvalue weighted by Crippen LogP contribution is -2.20. The third kappa shape index (κ3) is 4.63. The van der Waals surface area contributed by atoms with Crippen molar-refractivity contribution in [3.05, 3.63) is 29.6 Å². The van der Waals surface area contributed by atoms with E-state index in [1.807, 2.05) is 6.07 Å². The molecule has 0 aromatic carbocycles. The Morgan fingerprint density at radius 1 is 1.32 bits per heavy atom. The molecule has 19 heavy (non-hydrogen) atoms. The molecule has 2 N–H and O–H groups in total. The maximum absolute atomic E-state index is 10.8. The lowest BCUT2D eigenvalue weighted by molar-refractivity contribution is 0.0690.